The zero-order valence-corrected chi connectivity index (χ0v) is 31.4. The smallest absolute Gasteiger partial charge is 0.192 e. The Bertz CT molecular complexity index is 906. The van der Waals surface area contributed by atoms with Gasteiger partial charge in [0.1, 0.15) is 0 Å². The number of allylic oxidation sites excluding steroid dienone is 2. The van der Waals surface area contributed by atoms with Crippen molar-refractivity contribution >= 4 is 16.6 Å². The fourth-order valence-corrected chi connectivity index (χ4v) is 7.36. The molecular weight excluding hydrogens is 541 g/mol. The molecule has 2 aliphatic rings. The van der Waals surface area contributed by atoms with Gasteiger partial charge in [0.25, 0.3) is 0 Å². The van der Waals surface area contributed by atoms with E-state index in [0.29, 0.717) is 18.4 Å². The second kappa shape index (κ2) is 14.1. The van der Waals surface area contributed by atoms with Crippen LogP contribution in [-0.4, -0.2) is 47.3 Å². The average molecular weight is 607 g/mol. The van der Waals surface area contributed by atoms with E-state index >= 15 is 0 Å². The third-order valence-corrected chi connectivity index (χ3v) is 19.7. The molecule has 2 fully saturated rings. The highest BCUT2D eigenvalue weighted by atomic mass is 28.4. The van der Waals surface area contributed by atoms with E-state index in [1.54, 1.807) is 0 Å². The number of rotatable bonds is 11. The highest BCUT2D eigenvalue weighted by molar-refractivity contribution is 6.74. The molecule has 2 saturated heterocycles. The van der Waals surface area contributed by atoms with Crippen molar-refractivity contribution in [3.63, 3.8) is 0 Å². The average Bonchev–Trinajstić information content (AvgIpc) is 2.86. The van der Waals surface area contributed by atoms with Gasteiger partial charge in [-0.1, -0.05) is 92.2 Å². The zero-order chi connectivity index (χ0) is 31.4. The van der Waals surface area contributed by atoms with E-state index in [0.717, 1.165) is 32.1 Å². The maximum atomic E-state index is 6.87. The van der Waals surface area contributed by atoms with Crippen LogP contribution in [-0.2, 0) is 18.3 Å². The highest BCUT2D eigenvalue weighted by Gasteiger charge is 2.47. The van der Waals surface area contributed by atoms with E-state index in [1.807, 2.05) is 6.08 Å². The van der Waals surface area contributed by atoms with E-state index < -0.39 is 22.4 Å². The minimum Gasteiger partial charge on any atom is -0.414 e. The SMILES string of the molecule is C=C[C@H](C)[C@H](/C=C/C(C)=C/CC1OC2(CCC1C)CC[C@H](C)[C@H](CO[Si](C)(C)C(C)(C)C)O2)O[Si](C)(C)C(C)(C)C. The summed E-state index contributed by atoms with van der Waals surface area (Å²) in [4.78, 5) is 0. The van der Waals surface area contributed by atoms with Crippen LogP contribution in [0.3, 0.4) is 0 Å². The molecular formula is C35H66O4Si2. The Morgan fingerprint density at radius 3 is 1.95 bits per heavy atom. The minimum atomic E-state index is -1.89. The van der Waals surface area contributed by atoms with Crippen molar-refractivity contribution in [2.75, 3.05) is 6.61 Å². The van der Waals surface area contributed by atoms with Gasteiger partial charge in [0.2, 0.25) is 0 Å². The Hall–Kier alpha value is -0.506. The molecule has 4 nitrogen and oxygen atoms in total. The van der Waals surface area contributed by atoms with Gasteiger partial charge in [-0.2, -0.15) is 0 Å². The summed E-state index contributed by atoms with van der Waals surface area (Å²) in [5.74, 6) is 0.783. The molecule has 6 heteroatoms. The molecule has 0 aromatic carbocycles. The van der Waals surface area contributed by atoms with E-state index in [4.69, 9.17) is 18.3 Å². The Labute approximate surface area is 257 Å². The monoisotopic (exact) mass is 606 g/mol. The van der Waals surface area contributed by atoms with Crippen LogP contribution >= 0.6 is 0 Å². The van der Waals surface area contributed by atoms with Crippen molar-refractivity contribution in [1.29, 1.82) is 0 Å². The van der Waals surface area contributed by atoms with Gasteiger partial charge in [0.15, 0.2) is 22.4 Å². The van der Waals surface area contributed by atoms with Gasteiger partial charge in [-0.25, -0.2) is 0 Å². The predicted molar refractivity (Wildman–Crippen MR) is 181 cm³/mol. The lowest BCUT2D eigenvalue weighted by Gasteiger charge is -2.50. The molecule has 7 atom stereocenters. The van der Waals surface area contributed by atoms with Crippen LogP contribution < -0.4 is 0 Å². The summed E-state index contributed by atoms with van der Waals surface area (Å²) in [5, 5.41) is 0.369. The first-order chi connectivity index (χ1) is 18.6. The molecule has 238 valence electrons. The fourth-order valence-electron chi connectivity index (χ4n) is 5.01. The van der Waals surface area contributed by atoms with Gasteiger partial charge in [0, 0.05) is 18.8 Å². The summed E-state index contributed by atoms with van der Waals surface area (Å²) in [6.07, 6.45) is 14.2. The number of hydrogen-bond donors (Lipinski definition) is 0. The van der Waals surface area contributed by atoms with Crippen LogP contribution in [0.25, 0.3) is 0 Å². The zero-order valence-electron chi connectivity index (χ0n) is 29.4. The highest BCUT2D eigenvalue weighted by Crippen LogP contribution is 2.44. The van der Waals surface area contributed by atoms with Gasteiger partial charge in [-0.15, -0.1) is 6.58 Å². The van der Waals surface area contributed by atoms with Crippen molar-refractivity contribution in [1.82, 2.24) is 0 Å². The van der Waals surface area contributed by atoms with Crippen molar-refractivity contribution in [3.05, 3.63) is 36.5 Å². The topological polar surface area (TPSA) is 36.9 Å². The van der Waals surface area contributed by atoms with Gasteiger partial charge >= 0.3 is 0 Å². The van der Waals surface area contributed by atoms with Gasteiger partial charge < -0.3 is 18.3 Å². The molecule has 0 N–H and O–H groups in total. The molecule has 0 amide bonds. The predicted octanol–water partition coefficient (Wildman–Crippen LogP) is 10.4. The molecule has 41 heavy (non-hydrogen) atoms. The third kappa shape index (κ3) is 10.0. The second-order valence-electron chi connectivity index (χ2n) is 16.3. The van der Waals surface area contributed by atoms with E-state index in [1.165, 1.54) is 5.57 Å². The molecule has 2 aliphatic heterocycles. The quantitative estimate of drug-likeness (QED) is 0.133. The van der Waals surface area contributed by atoms with Crippen LogP contribution in [0, 0.1) is 17.8 Å². The molecule has 2 rings (SSSR count). The minimum absolute atomic E-state index is 0.0352. The Morgan fingerprint density at radius 1 is 0.927 bits per heavy atom. The first-order valence-electron chi connectivity index (χ1n) is 16.3. The molecule has 0 radical (unpaired) electrons. The van der Waals surface area contributed by atoms with Crippen LogP contribution in [0.4, 0.5) is 0 Å². The van der Waals surface area contributed by atoms with Crippen LogP contribution in [0.5, 0.6) is 0 Å². The Morgan fingerprint density at radius 2 is 1.44 bits per heavy atom. The summed E-state index contributed by atoms with van der Waals surface area (Å²) in [7, 11) is -3.72. The van der Waals surface area contributed by atoms with Gasteiger partial charge in [-0.3, -0.25) is 0 Å². The summed E-state index contributed by atoms with van der Waals surface area (Å²) < 4.78 is 27.1. The van der Waals surface area contributed by atoms with Gasteiger partial charge in [-0.05, 0) is 74.3 Å². The number of hydrogen-bond acceptors (Lipinski definition) is 4. The number of ether oxygens (including phenoxy) is 2. The maximum absolute atomic E-state index is 6.87. The van der Waals surface area contributed by atoms with Crippen molar-refractivity contribution < 1.29 is 18.3 Å². The summed E-state index contributed by atoms with van der Waals surface area (Å²) in [6, 6.07) is 0. The van der Waals surface area contributed by atoms with Crippen LogP contribution in [0.1, 0.15) is 101 Å². The first-order valence-corrected chi connectivity index (χ1v) is 22.1. The Kier molecular flexibility index (Phi) is 12.6. The lowest BCUT2D eigenvalue weighted by Crippen LogP contribution is -2.54. The molecule has 0 bridgehead atoms. The van der Waals surface area contributed by atoms with E-state index in [-0.39, 0.29) is 34.3 Å². The Balaban J connectivity index is 2.08. The molecule has 2 heterocycles. The van der Waals surface area contributed by atoms with Gasteiger partial charge in [0.05, 0.1) is 24.9 Å². The molecule has 0 aromatic heterocycles. The second-order valence-corrected chi connectivity index (χ2v) is 25.9. The maximum Gasteiger partial charge on any atom is 0.192 e. The molecule has 0 aromatic rings. The van der Waals surface area contributed by atoms with E-state index in [9.17, 15) is 0 Å². The van der Waals surface area contributed by atoms with Crippen LogP contribution in [0.2, 0.25) is 36.3 Å². The van der Waals surface area contributed by atoms with Crippen molar-refractivity contribution in [2.24, 2.45) is 17.8 Å². The molecule has 0 saturated carbocycles. The molecule has 1 spiro atoms. The molecule has 3 unspecified atom stereocenters. The fraction of sp³-hybridized carbons (Fsp3) is 0.829. The van der Waals surface area contributed by atoms with E-state index in [2.05, 4.69) is 120 Å². The lowest BCUT2D eigenvalue weighted by atomic mass is 9.84. The first kappa shape index (κ1) is 36.7. The third-order valence-electron chi connectivity index (χ3n) is 10.7. The van der Waals surface area contributed by atoms with Crippen LogP contribution in [0.15, 0.2) is 36.5 Å². The lowest BCUT2D eigenvalue weighted by molar-refractivity contribution is -0.333. The van der Waals surface area contributed by atoms with Crippen molar-refractivity contribution in [2.45, 2.75) is 162 Å². The molecule has 0 aliphatic carbocycles. The standard InChI is InChI=1S/C35H66O4Si2/c1-16-27(3)31(39-41(14,15)34(9,10)11)20-18-26(2)17-19-30-28(4)21-23-35(37-30)24-22-29(5)32(38-35)25-36-40(12,13)33(6,7)8/h16-18,20,27-32H,1,19,21-25H2,2-15H3/b20-18+,26-17+/t27-,28?,29-,30?,31-,32-,35?/m0/s1. The largest absolute Gasteiger partial charge is 0.414 e. The summed E-state index contributed by atoms with van der Waals surface area (Å²) in [5.41, 5.74) is 1.25. The van der Waals surface area contributed by atoms with Crippen molar-refractivity contribution in [3.8, 4) is 0 Å². The summed E-state index contributed by atoms with van der Waals surface area (Å²) >= 11 is 0. The summed E-state index contributed by atoms with van der Waals surface area (Å²) in [6.45, 7) is 36.8. The normalized spacial score (nSPS) is 30.5.